The lowest BCUT2D eigenvalue weighted by Gasteiger charge is -2.11. The highest BCUT2D eigenvalue weighted by atomic mass is 15.1. The lowest BCUT2D eigenvalue weighted by atomic mass is 9.93. The molecule has 7 aromatic carbocycles. The molecule has 0 radical (unpaired) electrons. The molecule has 0 saturated carbocycles. The van der Waals surface area contributed by atoms with E-state index in [1.807, 2.05) is 30.3 Å². The fourth-order valence-corrected chi connectivity index (χ4v) is 7.63. The van der Waals surface area contributed by atoms with Gasteiger partial charge < -0.3 is 0 Å². The third-order valence-corrected chi connectivity index (χ3v) is 9.57. The number of nitriles is 1. The van der Waals surface area contributed by atoms with Crippen molar-refractivity contribution >= 4 is 54.3 Å². The maximum atomic E-state index is 10.1. The van der Waals surface area contributed by atoms with Crippen molar-refractivity contribution < 1.29 is 0 Å². The lowest BCUT2D eigenvalue weighted by Crippen LogP contribution is -1.99. The third kappa shape index (κ3) is 3.26. The summed E-state index contributed by atoms with van der Waals surface area (Å²) in [6.07, 6.45) is 0. The molecule has 1 aliphatic carbocycles. The molecule has 3 heteroatoms. The molecule has 0 spiro atoms. The van der Waals surface area contributed by atoms with Crippen LogP contribution in [0.4, 0.5) is 0 Å². The van der Waals surface area contributed by atoms with Crippen LogP contribution in [0.5, 0.6) is 0 Å². The molecule has 0 unspecified atom stereocenters. The summed E-state index contributed by atoms with van der Waals surface area (Å²) in [7, 11) is 0. The Hall–Kier alpha value is -6.24. The zero-order valence-electron chi connectivity index (χ0n) is 24.1. The fourth-order valence-electron chi connectivity index (χ4n) is 7.63. The first-order valence-corrected chi connectivity index (χ1v) is 15.2. The number of fused-ring (bicyclic) bond motifs is 9. The Morgan fingerprint density at radius 1 is 0.489 bits per heavy atom. The summed E-state index contributed by atoms with van der Waals surface area (Å²) in [4.78, 5) is 5.09. The molecule has 0 atom stereocenters. The molecule has 0 N–H and O–H groups in total. The minimum Gasteiger partial charge on any atom is -0.294 e. The second-order valence-electron chi connectivity index (χ2n) is 11.8. The molecule has 1 aliphatic rings. The van der Waals surface area contributed by atoms with E-state index in [1.54, 1.807) is 0 Å². The van der Waals surface area contributed by atoms with E-state index in [9.17, 15) is 5.26 Å². The Morgan fingerprint density at radius 2 is 1.18 bits per heavy atom. The normalized spacial score (nSPS) is 12.0. The van der Waals surface area contributed by atoms with Gasteiger partial charge in [-0.1, -0.05) is 109 Å². The van der Waals surface area contributed by atoms with Crippen molar-refractivity contribution in [2.24, 2.45) is 0 Å². The van der Waals surface area contributed by atoms with Crippen LogP contribution in [0.25, 0.3) is 93.5 Å². The minimum atomic E-state index is 0.622. The highest BCUT2D eigenvalue weighted by molar-refractivity contribution is 6.23. The highest BCUT2D eigenvalue weighted by Gasteiger charge is 2.23. The number of pyridine rings is 1. The van der Waals surface area contributed by atoms with Gasteiger partial charge in [-0.25, -0.2) is 4.98 Å². The van der Waals surface area contributed by atoms with Gasteiger partial charge in [0.25, 0.3) is 0 Å². The monoisotopic (exact) mass is 569 g/mol. The van der Waals surface area contributed by atoms with Crippen molar-refractivity contribution in [3.05, 3.63) is 145 Å². The summed E-state index contributed by atoms with van der Waals surface area (Å²) < 4.78 is 2.22. The van der Waals surface area contributed by atoms with Crippen LogP contribution in [0.15, 0.2) is 140 Å². The summed E-state index contributed by atoms with van der Waals surface area (Å²) in [5.74, 6) is 0.747. The van der Waals surface area contributed by atoms with Crippen LogP contribution in [0.3, 0.4) is 0 Å². The second-order valence-corrected chi connectivity index (χ2v) is 11.8. The first-order valence-electron chi connectivity index (χ1n) is 15.2. The minimum absolute atomic E-state index is 0.622. The zero-order valence-corrected chi connectivity index (χ0v) is 24.1. The van der Waals surface area contributed by atoms with E-state index in [1.165, 1.54) is 65.7 Å². The van der Waals surface area contributed by atoms with Gasteiger partial charge in [0, 0.05) is 16.2 Å². The topological polar surface area (TPSA) is 41.6 Å². The maximum absolute atomic E-state index is 10.1. The third-order valence-electron chi connectivity index (χ3n) is 9.57. The quantitative estimate of drug-likeness (QED) is 0.208. The number of rotatable bonds is 2. The summed E-state index contributed by atoms with van der Waals surface area (Å²) in [6.45, 7) is 0. The summed E-state index contributed by atoms with van der Waals surface area (Å²) in [5.41, 5.74) is 11.2. The van der Waals surface area contributed by atoms with Gasteiger partial charge in [-0.15, -0.1) is 0 Å². The molecule has 45 heavy (non-hydrogen) atoms. The van der Waals surface area contributed by atoms with E-state index in [4.69, 9.17) is 4.98 Å². The summed E-state index contributed by atoms with van der Waals surface area (Å²) >= 11 is 0. The van der Waals surface area contributed by atoms with E-state index < -0.39 is 0 Å². The van der Waals surface area contributed by atoms with Crippen LogP contribution in [-0.4, -0.2) is 9.55 Å². The van der Waals surface area contributed by atoms with E-state index in [0.29, 0.717) is 5.56 Å². The number of aromatic nitrogens is 2. The molecular formula is C42H23N3. The number of hydrogen-bond donors (Lipinski definition) is 0. The highest BCUT2D eigenvalue weighted by Crippen LogP contribution is 2.49. The van der Waals surface area contributed by atoms with Gasteiger partial charge in [0.1, 0.15) is 5.82 Å². The summed E-state index contributed by atoms with van der Waals surface area (Å²) in [5, 5.41) is 18.3. The molecule has 0 bridgehead atoms. The lowest BCUT2D eigenvalue weighted by molar-refractivity contribution is 1.10. The Kier molecular flexibility index (Phi) is 4.79. The Labute approximate surface area is 258 Å². The SMILES string of the molecule is N#Cc1cc(-n2c3ccc(-c4ccc5c6c(cccc46)-c4ccccc4-5)cc3c3c4ccccc4ccc32)nc2ccccc12. The first kappa shape index (κ1) is 24.2. The molecule has 3 nitrogen and oxygen atoms in total. The predicted molar refractivity (Wildman–Crippen MR) is 186 cm³/mol. The number of para-hydroxylation sites is 1. The van der Waals surface area contributed by atoms with E-state index in [2.05, 4.69) is 120 Å². The molecule has 10 rings (SSSR count). The molecule has 9 aromatic rings. The van der Waals surface area contributed by atoms with E-state index in [-0.39, 0.29) is 0 Å². The number of nitrogens with zero attached hydrogens (tertiary/aromatic N) is 3. The molecular weight excluding hydrogens is 546 g/mol. The number of hydrogen-bond acceptors (Lipinski definition) is 2. The average Bonchev–Trinajstić information content (AvgIpc) is 3.62. The largest absolute Gasteiger partial charge is 0.294 e. The molecule has 2 aromatic heterocycles. The molecule has 0 aliphatic heterocycles. The first-order chi connectivity index (χ1) is 22.3. The van der Waals surface area contributed by atoms with Gasteiger partial charge in [0.05, 0.1) is 28.2 Å². The molecule has 0 amide bonds. The maximum Gasteiger partial charge on any atom is 0.139 e. The van der Waals surface area contributed by atoms with Gasteiger partial charge in [-0.05, 0) is 85.3 Å². The van der Waals surface area contributed by atoms with Crippen LogP contribution in [0, 0.1) is 11.3 Å². The van der Waals surface area contributed by atoms with Crippen LogP contribution < -0.4 is 0 Å². The summed E-state index contributed by atoms with van der Waals surface area (Å²) in [6, 6.07) is 51.9. The van der Waals surface area contributed by atoms with Gasteiger partial charge in [0.2, 0.25) is 0 Å². The van der Waals surface area contributed by atoms with Crippen molar-refractivity contribution in [2.45, 2.75) is 0 Å². The van der Waals surface area contributed by atoms with Crippen LogP contribution in [0.1, 0.15) is 5.56 Å². The number of benzene rings is 7. The van der Waals surface area contributed by atoms with Crippen molar-refractivity contribution in [2.75, 3.05) is 0 Å². The van der Waals surface area contributed by atoms with Crippen LogP contribution in [-0.2, 0) is 0 Å². The van der Waals surface area contributed by atoms with Gasteiger partial charge in [0.15, 0.2) is 0 Å². The van der Waals surface area contributed by atoms with Gasteiger partial charge >= 0.3 is 0 Å². The van der Waals surface area contributed by atoms with Gasteiger partial charge in [-0.2, -0.15) is 5.26 Å². The van der Waals surface area contributed by atoms with Crippen molar-refractivity contribution in [1.29, 1.82) is 5.26 Å². The van der Waals surface area contributed by atoms with E-state index in [0.717, 1.165) is 27.8 Å². The molecule has 206 valence electrons. The standard InChI is InChI=1S/C42H23N3/c43-24-27-23-40(44-37-15-6-5-9-29(27)37)45-38-20-17-26(22-36(38)42-30-10-2-1-8-25(30)16-21-39(42)45)28-18-19-35-32-12-4-3-11-31(32)34-14-7-13-33(28)41(34)35/h1-23H. The Bertz CT molecular complexity index is 2750. The van der Waals surface area contributed by atoms with Crippen LogP contribution >= 0.6 is 0 Å². The second kappa shape index (κ2) is 8.89. The fraction of sp³-hybridized carbons (Fsp3) is 0. The van der Waals surface area contributed by atoms with Crippen molar-refractivity contribution in [3.63, 3.8) is 0 Å². The van der Waals surface area contributed by atoms with E-state index >= 15 is 0 Å². The van der Waals surface area contributed by atoms with Crippen LogP contribution in [0.2, 0.25) is 0 Å². The smallest absolute Gasteiger partial charge is 0.139 e. The van der Waals surface area contributed by atoms with Gasteiger partial charge in [-0.3, -0.25) is 4.57 Å². The van der Waals surface area contributed by atoms with Crippen molar-refractivity contribution in [3.8, 4) is 45.3 Å². The Balaban J connectivity index is 1.29. The molecule has 2 heterocycles. The Morgan fingerprint density at radius 3 is 2.04 bits per heavy atom. The molecule has 0 saturated heterocycles. The average molecular weight is 570 g/mol. The van der Waals surface area contributed by atoms with Crippen molar-refractivity contribution in [1.82, 2.24) is 9.55 Å². The zero-order chi connectivity index (χ0) is 29.6. The molecule has 0 fully saturated rings. The predicted octanol–water partition coefficient (Wildman–Crippen LogP) is 10.8.